The van der Waals surface area contributed by atoms with Crippen LogP contribution in [0.25, 0.3) is 0 Å². The molecule has 0 aromatic heterocycles. The lowest BCUT2D eigenvalue weighted by molar-refractivity contribution is 0.0693. The van der Waals surface area contributed by atoms with E-state index in [4.69, 9.17) is 9.47 Å². The highest BCUT2D eigenvalue weighted by atomic mass is 32.2. The van der Waals surface area contributed by atoms with Gasteiger partial charge in [0.2, 0.25) is 10.0 Å². The number of benzene rings is 2. The summed E-state index contributed by atoms with van der Waals surface area (Å²) in [4.78, 5) is 15.9. The van der Waals surface area contributed by atoms with Gasteiger partial charge in [0, 0.05) is 24.0 Å². The summed E-state index contributed by atoms with van der Waals surface area (Å²) >= 11 is 1.44. The minimum atomic E-state index is -3.85. The normalized spacial score (nSPS) is 17.6. The van der Waals surface area contributed by atoms with Crippen molar-refractivity contribution < 1.29 is 22.7 Å². The van der Waals surface area contributed by atoms with Crippen LogP contribution in [0.1, 0.15) is 48.7 Å². The van der Waals surface area contributed by atoms with Crippen molar-refractivity contribution in [2.24, 2.45) is 5.92 Å². The zero-order chi connectivity index (χ0) is 23.6. The number of sulfonamides is 1. The van der Waals surface area contributed by atoms with Gasteiger partial charge in [0.05, 0.1) is 10.5 Å². The first-order valence-electron chi connectivity index (χ1n) is 11.2. The summed E-state index contributed by atoms with van der Waals surface area (Å²) in [6.45, 7) is 6.33. The molecular weight excluding hydrogens is 460 g/mol. The fraction of sp³-hybridized carbons (Fsp3) is 0.458. The van der Waals surface area contributed by atoms with E-state index in [1.807, 2.05) is 17.2 Å². The Hall–Kier alpha value is -2.23. The molecule has 0 unspecified atom stereocenters. The number of nitrogens with one attached hydrogen (secondary N) is 1. The molecule has 2 aliphatic heterocycles. The smallest absolute Gasteiger partial charge is 0.255 e. The molecule has 0 radical (unpaired) electrons. The van der Waals surface area contributed by atoms with Crippen LogP contribution in [0.4, 0.5) is 0 Å². The molecule has 2 aromatic rings. The fourth-order valence-electron chi connectivity index (χ4n) is 4.10. The van der Waals surface area contributed by atoms with Crippen LogP contribution in [0.3, 0.4) is 0 Å². The van der Waals surface area contributed by atoms with E-state index >= 15 is 0 Å². The van der Waals surface area contributed by atoms with Crippen molar-refractivity contribution in [2.75, 3.05) is 32.6 Å². The minimum absolute atomic E-state index is 0.0819. The Balaban J connectivity index is 1.56. The molecule has 7 nitrogen and oxygen atoms in total. The summed E-state index contributed by atoms with van der Waals surface area (Å²) in [6, 6.07) is 9.69. The van der Waals surface area contributed by atoms with E-state index in [0.29, 0.717) is 49.3 Å². The van der Waals surface area contributed by atoms with E-state index in [1.165, 1.54) is 17.8 Å². The Bertz CT molecular complexity index is 1130. The largest absolute Gasteiger partial charge is 0.486 e. The van der Waals surface area contributed by atoms with Crippen molar-refractivity contribution in [3.8, 4) is 11.5 Å². The van der Waals surface area contributed by atoms with E-state index in [1.54, 1.807) is 31.2 Å². The maximum atomic E-state index is 13.2. The quantitative estimate of drug-likeness (QED) is 0.614. The summed E-state index contributed by atoms with van der Waals surface area (Å²) in [5.41, 5.74) is 1.20. The zero-order valence-electron chi connectivity index (χ0n) is 19.2. The summed E-state index contributed by atoms with van der Waals surface area (Å²) in [6.07, 6.45) is 3.82. The van der Waals surface area contributed by atoms with Crippen molar-refractivity contribution in [3.63, 3.8) is 0 Å². The van der Waals surface area contributed by atoms with Gasteiger partial charge in [-0.2, -0.15) is 0 Å². The molecule has 9 heteroatoms. The number of fused-ring (bicyclic) bond motifs is 1. The highest BCUT2D eigenvalue weighted by Gasteiger charge is 2.26. The highest BCUT2D eigenvalue weighted by molar-refractivity contribution is 7.98. The number of carbonyl (C=O) groups is 1. The topological polar surface area (TPSA) is 84.9 Å². The lowest BCUT2D eigenvalue weighted by atomic mass is 9.98. The number of rotatable bonds is 6. The minimum Gasteiger partial charge on any atom is -0.486 e. The van der Waals surface area contributed by atoms with Crippen LogP contribution in [0, 0.1) is 5.92 Å². The molecule has 2 heterocycles. The molecule has 1 fully saturated rings. The van der Waals surface area contributed by atoms with Crippen LogP contribution < -0.4 is 14.2 Å². The van der Waals surface area contributed by atoms with Crippen LogP contribution in [-0.2, 0) is 10.0 Å². The Morgan fingerprint density at radius 2 is 1.79 bits per heavy atom. The third-order valence-electron chi connectivity index (χ3n) is 6.18. The number of hydrogen-bond acceptors (Lipinski definition) is 6. The van der Waals surface area contributed by atoms with Gasteiger partial charge in [0.25, 0.3) is 5.91 Å². The highest BCUT2D eigenvalue weighted by Crippen LogP contribution is 2.33. The number of likely N-dealkylation sites (tertiary alicyclic amines) is 1. The Labute approximate surface area is 199 Å². The molecular formula is C24H30N2O5S2. The SMILES string of the molecule is CSc1ccc(S(=O)(=O)N[C@@H](C)c2ccc3c(c2)OCCO3)cc1C(=O)N1CCC(C)CC1. The first kappa shape index (κ1) is 23.9. The van der Waals surface area contributed by atoms with Gasteiger partial charge in [-0.25, -0.2) is 13.1 Å². The Kier molecular flexibility index (Phi) is 7.21. The number of nitrogens with zero attached hydrogens (tertiary/aromatic N) is 1. The Morgan fingerprint density at radius 1 is 1.09 bits per heavy atom. The maximum absolute atomic E-state index is 13.2. The molecule has 1 amide bonds. The average molecular weight is 491 g/mol. The second kappa shape index (κ2) is 9.95. The molecule has 1 N–H and O–H groups in total. The number of ether oxygens (including phenoxy) is 2. The standard InChI is InChI=1S/C24H30N2O5S2/c1-16-8-10-26(11-9-16)24(27)20-15-19(5-7-23(20)32-3)33(28,29)25-17(2)18-4-6-21-22(14-18)31-13-12-30-21/h4-7,14-17,25H,8-13H2,1-3H3/t17-/m0/s1. The predicted octanol–water partition coefficient (Wildman–Crippen LogP) is 4.09. The van der Waals surface area contributed by atoms with Gasteiger partial charge in [-0.1, -0.05) is 13.0 Å². The van der Waals surface area contributed by atoms with Crippen LogP contribution in [0.2, 0.25) is 0 Å². The number of piperidine rings is 1. The summed E-state index contributed by atoms with van der Waals surface area (Å²) in [5.74, 6) is 1.76. The second-order valence-corrected chi connectivity index (χ2v) is 11.1. The number of thioether (sulfide) groups is 1. The predicted molar refractivity (Wildman–Crippen MR) is 129 cm³/mol. The van der Waals surface area contributed by atoms with Gasteiger partial charge in [0.1, 0.15) is 13.2 Å². The summed E-state index contributed by atoms with van der Waals surface area (Å²) in [7, 11) is -3.85. The van der Waals surface area contributed by atoms with E-state index in [-0.39, 0.29) is 10.8 Å². The van der Waals surface area contributed by atoms with E-state index in [9.17, 15) is 13.2 Å². The number of hydrogen-bond donors (Lipinski definition) is 1. The second-order valence-electron chi connectivity index (χ2n) is 8.58. The van der Waals surface area contributed by atoms with Crippen molar-refractivity contribution in [1.29, 1.82) is 0 Å². The third-order valence-corrected chi connectivity index (χ3v) is 8.51. The van der Waals surface area contributed by atoms with E-state index in [2.05, 4.69) is 11.6 Å². The zero-order valence-corrected chi connectivity index (χ0v) is 20.8. The van der Waals surface area contributed by atoms with Gasteiger partial charge in [-0.15, -0.1) is 11.8 Å². The van der Waals surface area contributed by atoms with Gasteiger partial charge >= 0.3 is 0 Å². The first-order chi connectivity index (χ1) is 15.8. The maximum Gasteiger partial charge on any atom is 0.255 e. The van der Waals surface area contributed by atoms with Gasteiger partial charge in [-0.3, -0.25) is 4.79 Å². The number of amides is 1. The van der Waals surface area contributed by atoms with Crippen molar-refractivity contribution >= 4 is 27.7 Å². The Morgan fingerprint density at radius 3 is 2.48 bits per heavy atom. The van der Waals surface area contributed by atoms with Crippen LogP contribution in [-0.4, -0.2) is 51.8 Å². The molecule has 1 atom stereocenters. The van der Waals surface area contributed by atoms with Gasteiger partial charge in [-0.05, 0) is 67.8 Å². The van der Waals surface area contributed by atoms with Crippen molar-refractivity contribution in [2.45, 2.75) is 42.5 Å². The molecule has 0 spiro atoms. The lowest BCUT2D eigenvalue weighted by Gasteiger charge is -2.31. The molecule has 1 saturated heterocycles. The average Bonchev–Trinajstić information content (AvgIpc) is 2.83. The molecule has 0 aliphatic carbocycles. The number of carbonyl (C=O) groups excluding carboxylic acids is 1. The third kappa shape index (κ3) is 5.31. The van der Waals surface area contributed by atoms with Gasteiger partial charge in [0.15, 0.2) is 11.5 Å². The fourth-order valence-corrected chi connectivity index (χ4v) is 5.93. The van der Waals surface area contributed by atoms with Crippen LogP contribution in [0.15, 0.2) is 46.2 Å². The van der Waals surface area contributed by atoms with Crippen LogP contribution in [0.5, 0.6) is 11.5 Å². The molecule has 0 saturated carbocycles. The van der Waals surface area contributed by atoms with Crippen molar-refractivity contribution in [3.05, 3.63) is 47.5 Å². The summed E-state index contributed by atoms with van der Waals surface area (Å²) in [5, 5.41) is 0. The van der Waals surface area contributed by atoms with Crippen molar-refractivity contribution in [1.82, 2.24) is 9.62 Å². The molecule has 4 rings (SSSR count). The molecule has 178 valence electrons. The summed E-state index contributed by atoms with van der Waals surface area (Å²) < 4.78 is 40.3. The molecule has 0 bridgehead atoms. The molecule has 2 aromatic carbocycles. The monoisotopic (exact) mass is 490 g/mol. The first-order valence-corrected chi connectivity index (χ1v) is 13.9. The molecule has 33 heavy (non-hydrogen) atoms. The van der Waals surface area contributed by atoms with E-state index < -0.39 is 16.1 Å². The molecule has 2 aliphatic rings. The van der Waals surface area contributed by atoms with Crippen LogP contribution >= 0.6 is 11.8 Å². The van der Waals surface area contributed by atoms with E-state index in [0.717, 1.165) is 23.3 Å². The van der Waals surface area contributed by atoms with Gasteiger partial charge < -0.3 is 14.4 Å². The lowest BCUT2D eigenvalue weighted by Crippen LogP contribution is -2.38.